The van der Waals surface area contributed by atoms with E-state index in [-0.39, 0.29) is 6.10 Å². The first kappa shape index (κ1) is 15.6. The van der Waals surface area contributed by atoms with Gasteiger partial charge in [-0.2, -0.15) is 0 Å². The number of benzene rings is 2. The third kappa shape index (κ3) is 3.85. The zero-order chi connectivity index (χ0) is 15.3. The summed E-state index contributed by atoms with van der Waals surface area (Å²) >= 11 is 0. The predicted molar refractivity (Wildman–Crippen MR) is 86.5 cm³/mol. The Bertz CT molecular complexity index is 563. The summed E-state index contributed by atoms with van der Waals surface area (Å²) in [5, 5.41) is 11.2. The van der Waals surface area contributed by atoms with Crippen LogP contribution in [0.4, 0.5) is 0 Å². The van der Waals surface area contributed by atoms with Crippen molar-refractivity contribution in [3.05, 3.63) is 65.7 Å². The average molecular weight is 284 g/mol. The molecule has 0 saturated heterocycles. The van der Waals surface area contributed by atoms with Crippen LogP contribution in [0.3, 0.4) is 0 Å². The van der Waals surface area contributed by atoms with E-state index in [1.165, 1.54) is 0 Å². The van der Waals surface area contributed by atoms with Crippen LogP contribution in [-0.2, 0) is 12.0 Å². The van der Waals surface area contributed by atoms with Gasteiger partial charge < -0.3 is 9.84 Å². The van der Waals surface area contributed by atoms with Gasteiger partial charge in [-0.1, -0.05) is 55.5 Å². The highest BCUT2D eigenvalue weighted by molar-refractivity contribution is 5.39. The van der Waals surface area contributed by atoms with Crippen LogP contribution in [0, 0.1) is 0 Å². The van der Waals surface area contributed by atoms with Gasteiger partial charge in [0, 0.05) is 12.0 Å². The van der Waals surface area contributed by atoms with E-state index in [1.807, 2.05) is 75.4 Å². The quantitative estimate of drug-likeness (QED) is 0.856. The van der Waals surface area contributed by atoms with Gasteiger partial charge in [0.2, 0.25) is 0 Å². The van der Waals surface area contributed by atoms with Crippen molar-refractivity contribution >= 4 is 0 Å². The lowest BCUT2D eigenvalue weighted by molar-refractivity contribution is 0.0288. The first-order valence-corrected chi connectivity index (χ1v) is 7.57. The molecule has 2 aromatic carbocycles. The molecule has 0 saturated carbocycles. The molecule has 0 fully saturated rings. The van der Waals surface area contributed by atoms with Crippen LogP contribution in [-0.4, -0.2) is 11.2 Å². The molecular formula is C19H24O2. The maximum atomic E-state index is 11.2. The van der Waals surface area contributed by atoms with E-state index in [4.69, 9.17) is 4.74 Å². The number of hydrogen-bond donors (Lipinski definition) is 1. The molecule has 1 N–H and O–H groups in total. The molecule has 1 unspecified atom stereocenters. The lowest BCUT2D eigenvalue weighted by atomic mass is 9.84. The summed E-state index contributed by atoms with van der Waals surface area (Å²) in [4.78, 5) is 0. The SMILES string of the molecule is CCC(O)(Cc1ccccc1)c1ccccc1OC(C)C. The van der Waals surface area contributed by atoms with Crippen LogP contribution in [0.5, 0.6) is 5.75 Å². The number of aliphatic hydroxyl groups is 1. The molecule has 0 amide bonds. The van der Waals surface area contributed by atoms with Gasteiger partial charge in [0.25, 0.3) is 0 Å². The summed E-state index contributed by atoms with van der Waals surface area (Å²) in [7, 11) is 0. The van der Waals surface area contributed by atoms with Gasteiger partial charge in [-0.25, -0.2) is 0 Å². The second-order valence-corrected chi connectivity index (χ2v) is 5.71. The van der Waals surface area contributed by atoms with E-state index in [9.17, 15) is 5.11 Å². The predicted octanol–water partition coefficient (Wildman–Crippen LogP) is 4.31. The third-order valence-electron chi connectivity index (χ3n) is 3.68. The molecule has 0 aliphatic carbocycles. The largest absolute Gasteiger partial charge is 0.491 e. The van der Waals surface area contributed by atoms with Crippen molar-refractivity contribution in [2.24, 2.45) is 0 Å². The minimum absolute atomic E-state index is 0.0870. The smallest absolute Gasteiger partial charge is 0.125 e. The van der Waals surface area contributed by atoms with E-state index in [0.717, 1.165) is 16.9 Å². The van der Waals surface area contributed by atoms with Crippen molar-refractivity contribution in [1.82, 2.24) is 0 Å². The Morgan fingerprint density at radius 3 is 2.24 bits per heavy atom. The Balaban J connectivity index is 2.36. The van der Waals surface area contributed by atoms with E-state index in [2.05, 4.69) is 0 Å². The fourth-order valence-corrected chi connectivity index (χ4v) is 2.55. The van der Waals surface area contributed by atoms with Gasteiger partial charge in [-0.05, 0) is 31.9 Å². The van der Waals surface area contributed by atoms with Gasteiger partial charge in [0.15, 0.2) is 0 Å². The highest BCUT2D eigenvalue weighted by Crippen LogP contribution is 2.35. The zero-order valence-corrected chi connectivity index (χ0v) is 13.0. The summed E-state index contributed by atoms with van der Waals surface area (Å²) in [5.41, 5.74) is 1.08. The first-order chi connectivity index (χ1) is 10.0. The van der Waals surface area contributed by atoms with Gasteiger partial charge >= 0.3 is 0 Å². The maximum Gasteiger partial charge on any atom is 0.125 e. The second-order valence-electron chi connectivity index (χ2n) is 5.71. The lowest BCUT2D eigenvalue weighted by Crippen LogP contribution is -2.29. The number of hydrogen-bond acceptors (Lipinski definition) is 2. The van der Waals surface area contributed by atoms with Crippen LogP contribution in [0.1, 0.15) is 38.3 Å². The van der Waals surface area contributed by atoms with Gasteiger partial charge in [-0.15, -0.1) is 0 Å². The van der Waals surface area contributed by atoms with Gasteiger partial charge in [0.1, 0.15) is 5.75 Å². The first-order valence-electron chi connectivity index (χ1n) is 7.57. The summed E-state index contributed by atoms with van der Waals surface area (Å²) < 4.78 is 5.87. The molecule has 21 heavy (non-hydrogen) atoms. The molecule has 2 nitrogen and oxygen atoms in total. The fraction of sp³-hybridized carbons (Fsp3) is 0.368. The van der Waals surface area contributed by atoms with Crippen LogP contribution in [0.15, 0.2) is 54.6 Å². The monoisotopic (exact) mass is 284 g/mol. The standard InChI is InChI=1S/C19H24O2/c1-4-19(20,14-16-10-6-5-7-11-16)17-12-8-9-13-18(17)21-15(2)3/h5-13,15,20H,4,14H2,1-3H3. The fourth-order valence-electron chi connectivity index (χ4n) is 2.55. The molecule has 0 aromatic heterocycles. The van der Waals surface area contributed by atoms with Crippen LogP contribution < -0.4 is 4.74 Å². The Morgan fingerprint density at radius 2 is 1.62 bits per heavy atom. The second kappa shape index (κ2) is 6.77. The Morgan fingerprint density at radius 1 is 1.00 bits per heavy atom. The molecule has 2 heteroatoms. The third-order valence-corrected chi connectivity index (χ3v) is 3.68. The van der Waals surface area contributed by atoms with Crippen LogP contribution >= 0.6 is 0 Å². The Kier molecular flexibility index (Phi) is 5.03. The van der Waals surface area contributed by atoms with Crippen molar-refractivity contribution in [3.63, 3.8) is 0 Å². The summed E-state index contributed by atoms with van der Waals surface area (Å²) in [6.45, 7) is 6.01. The highest BCUT2D eigenvalue weighted by Gasteiger charge is 2.30. The lowest BCUT2D eigenvalue weighted by Gasteiger charge is -2.30. The van der Waals surface area contributed by atoms with E-state index in [1.54, 1.807) is 0 Å². The van der Waals surface area contributed by atoms with E-state index < -0.39 is 5.60 Å². The van der Waals surface area contributed by atoms with Crippen molar-refractivity contribution in [2.45, 2.75) is 45.3 Å². The number of para-hydroxylation sites is 1. The van der Waals surface area contributed by atoms with Crippen molar-refractivity contribution in [2.75, 3.05) is 0 Å². The molecule has 2 aromatic rings. The van der Waals surface area contributed by atoms with Crippen LogP contribution in [0.2, 0.25) is 0 Å². The van der Waals surface area contributed by atoms with Crippen molar-refractivity contribution in [3.8, 4) is 5.75 Å². The molecule has 0 aliphatic heterocycles. The van der Waals surface area contributed by atoms with Crippen LogP contribution in [0.25, 0.3) is 0 Å². The molecule has 0 radical (unpaired) electrons. The molecule has 112 valence electrons. The summed E-state index contributed by atoms with van der Waals surface area (Å²) in [6.07, 6.45) is 1.31. The minimum atomic E-state index is -0.910. The molecule has 0 bridgehead atoms. The normalized spacial score (nSPS) is 14.0. The Hall–Kier alpha value is -1.80. The maximum absolute atomic E-state index is 11.2. The molecule has 2 rings (SSSR count). The Labute approximate surface area is 127 Å². The average Bonchev–Trinajstić information content (AvgIpc) is 2.48. The molecule has 1 atom stereocenters. The molecule has 0 heterocycles. The molecule has 0 spiro atoms. The number of ether oxygens (including phenoxy) is 1. The van der Waals surface area contributed by atoms with E-state index >= 15 is 0 Å². The topological polar surface area (TPSA) is 29.5 Å². The van der Waals surface area contributed by atoms with Gasteiger partial charge in [-0.3, -0.25) is 0 Å². The molecular weight excluding hydrogens is 260 g/mol. The van der Waals surface area contributed by atoms with E-state index in [0.29, 0.717) is 12.8 Å². The van der Waals surface area contributed by atoms with Crippen molar-refractivity contribution in [1.29, 1.82) is 0 Å². The minimum Gasteiger partial charge on any atom is -0.491 e. The zero-order valence-electron chi connectivity index (χ0n) is 13.0. The van der Waals surface area contributed by atoms with Gasteiger partial charge in [0.05, 0.1) is 11.7 Å². The highest BCUT2D eigenvalue weighted by atomic mass is 16.5. The number of rotatable bonds is 6. The molecule has 0 aliphatic rings. The summed E-state index contributed by atoms with van der Waals surface area (Å²) in [5.74, 6) is 0.771. The summed E-state index contributed by atoms with van der Waals surface area (Å²) in [6, 6.07) is 17.9. The van der Waals surface area contributed by atoms with Crippen molar-refractivity contribution < 1.29 is 9.84 Å².